The molecule has 3 rings (SSSR count). The number of nitrogens with one attached hydrogen (secondary N) is 1. The lowest BCUT2D eigenvalue weighted by molar-refractivity contribution is -0.173. The molecule has 4 N–H and O–H groups in total. The van der Waals surface area contributed by atoms with E-state index in [2.05, 4.69) is 15.5 Å². The molecular formula is C20H25N5O8S2. The molecule has 1 fully saturated rings. The van der Waals surface area contributed by atoms with Crippen LogP contribution < -0.4 is 11.1 Å². The summed E-state index contributed by atoms with van der Waals surface area (Å²) < 4.78 is 15.2. The van der Waals surface area contributed by atoms with Crippen LogP contribution in [0.4, 0.5) is 5.13 Å². The molecule has 0 aromatic carbocycles. The predicted molar refractivity (Wildman–Crippen MR) is 125 cm³/mol. The van der Waals surface area contributed by atoms with Gasteiger partial charge in [0, 0.05) is 18.2 Å². The topological polar surface area (TPSA) is 183 Å². The van der Waals surface area contributed by atoms with E-state index in [0.29, 0.717) is 11.3 Å². The molecule has 0 aliphatic carbocycles. The standard InChI is InChI=1S/C20H25N5O8S2/c1-20(2,3)18(29)33-8-32-17(28)13-9(5-31-4)6-34-16-12(15(27)25(13)16)23-14(26)11(24-30)10-7-35-19(21)22-10/h7,12,16,30H,5-6,8H2,1-4H3,(H2,21,22)(H,23,26)/t12?,16-/m1/s1. The lowest BCUT2D eigenvalue weighted by Gasteiger charge is -2.49. The van der Waals surface area contributed by atoms with Gasteiger partial charge in [-0.2, -0.15) is 0 Å². The predicted octanol–water partition coefficient (Wildman–Crippen LogP) is 0.294. The van der Waals surface area contributed by atoms with Crippen molar-refractivity contribution in [1.29, 1.82) is 0 Å². The summed E-state index contributed by atoms with van der Waals surface area (Å²) in [5.41, 5.74) is 4.92. The summed E-state index contributed by atoms with van der Waals surface area (Å²) in [5.74, 6) is -2.50. The minimum absolute atomic E-state index is 0.0266. The van der Waals surface area contributed by atoms with Gasteiger partial charge in [-0.05, 0) is 26.3 Å². The average molecular weight is 528 g/mol. The van der Waals surface area contributed by atoms with E-state index in [4.69, 9.17) is 19.9 Å². The summed E-state index contributed by atoms with van der Waals surface area (Å²) in [6, 6.07) is -0.995. The van der Waals surface area contributed by atoms with Crippen LogP contribution in [0.2, 0.25) is 0 Å². The summed E-state index contributed by atoms with van der Waals surface area (Å²) in [5, 5.41) is 15.8. The van der Waals surface area contributed by atoms with Gasteiger partial charge < -0.3 is 30.5 Å². The molecule has 13 nitrogen and oxygen atoms in total. The molecule has 0 radical (unpaired) electrons. The van der Waals surface area contributed by atoms with Gasteiger partial charge in [-0.3, -0.25) is 19.3 Å². The minimum Gasteiger partial charge on any atom is -0.427 e. The second-order valence-corrected chi connectivity index (χ2v) is 10.5. The maximum atomic E-state index is 13.0. The van der Waals surface area contributed by atoms with Crippen molar-refractivity contribution in [1.82, 2.24) is 15.2 Å². The number of nitrogens with zero attached hydrogens (tertiary/aromatic N) is 3. The Kier molecular flexibility index (Phi) is 8.02. The highest BCUT2D eigenvalue weighted by atomic mass is 32.2. The van der Waals surface area contributed by atoms with Gasteiger partial charge in [0.2, 0.25) is 6.79 Å². The molecular weight excluding hydrogens is 502 g/mol. The van der Waals surface area contributed by atoms with Crippen LogP contribution in [0.25, 0.3) is 0 Å². The summed E-state index contributed by atoms with van der Waals surface area (Å²) in [4.78, 5) is 55.4. The number of aromatic nitrogens is 1. The Morgan fingerprint density at radius 1 is 1.34 bits per heavy atom. The Balaban J connectivity index is 1.71. The van der Waals surface area contributed by atoms with Crippen molar-refractivity contribution in [3.05, 3.63) is 22.3 Å². The van der Waals surface area contributed by atoms with Crippen molar-refractivity contribution >= 4 is 57.7 Å². The molecule has 1 unspecified atom stereocenters. The Morgan fingerprint density at radius 3 is 2.63 bits per heavy atom. The maximum absolute atomic E-state index is 13.0. The smallest absolute Gasteiger partial charge is 0.358 e. The first-order valence-electron chi connectivity index (χ1n) is 10.2. The third kappa shape index (κ3) is 5.57. The summed E-state index contributed by atoms with van der Waals surface area (Å²) in [6.07, 6.45) is 0. The van der Waals surface area contributed by atoms with Gasteiger partial charge in [-0.15, -0.1) is 23.1 Å². The van der Waals surface area contributed by atoms with Crippen LogP contribution in [0.15, 0.2) is 21.8 Å². The van der Waals surface area contributed by atoms with Gasteiger partial charge in [-0.25, -0.2) is 9.78 Å². The highest BCUT2D eigenvalue weighted by Gasteiger charge is 2.54. The Hall–Kier alpha value is -3.17. The Bertz CT molecular complexity index is 1090. The van der Waals surface area contributed by atoms with Gasteiger partial charge in [-0.1, -0.05) is 5.16 Å². The monoisotopic (exact) mass is 527 g/mol. The van der Waals surface area contributed by atoms with Crippen molar-refractivity contribution < 1.29 is 38.6 Å². The van der Waals surface area contributed by atoms with Crippen LogP contribution in [0, 0.1) is 5.41 Å². The van der Waals surface area contributed by atoms with Gasteiger partial charge in [0.05, 0.1) is 12.0 Å². The van der Waals surface area contributed by atoms with E-state index in [-0.39, 0.29) is 23.1 Å². The highest BCUT2D eigenvalue weighted by Crippen LogP contribution is 2.40. The first kappa shape index (κ1) is 26.4. The number of oxime groups is 1. The van der Waals surface area contributed by atoms with Crippen LogP contribution in [0.1, 0.15) is 26.5 Å². The van der Waals surface area contributed by atoms with Crippen molar-refractivity contribution in [2.24, 2.45) is 10.6 Å². The lowest BCUT2D eigenvalue weighted by Crippen LogP contribution is -2.71. The molecule has 0 spiro atoms. The molecule has 1 aromatic heterocycles. The second kappa shape index (κ2) is 10.6. The molecule has 2 aliphatic heterocycles. The number of carbonyl (C=O) groups excluding carboxylic acids is 4. The van der Waals surface area contributed by atoms with E-state index in [0.717, 1.165) is 11.3 Å². The fraction of sp³-hybridized carbons (Fsp3) is 0.500. The maximum Gasteiger partial charge on any atom is 0.358 e. The van der Waals surface area contributed by atoms with E-state index in [1.807, 2.05) is 0 Å². The van der Waals surface area contributed by atoms with Gasteiger partial charge >= 0.3 is 11.9 Å². The number of carbonyl (C=O) groups is 4. The number of nitrogens with two attached hydrogens (primary N) is 1. The number of nitrogen functional groups attached to an aromatic ring is 1. The summed E-state index contributed by atoms with van der Waals surface area (Å²) in [6.45, 7) is 4.42. The summed E-state index contributed by atoms with van der Waals surface area (Å²) >= 11 is 2.37. The van der Waals surface area contributed by atoms with E-state index in [1.54, 1.807) is 20.8 Å². The Morgan fingerprint density at radius 2 is 2.06 bits per heavy atom. The molecule has 0 saturated carbocycles. The number of anilines is 1. The lowest BCUT2D eigenvalue weighted by atomic mass is 9.98. The fourth-order valence-corrected chi connectivity index (χ4v) is 5.07. The van der Waals surface area contributed by atoms with Crippen LogP contribution in [-0.2, 0) is 33.4 Å². The zero-order valence-corrected chi connectivity index (χ0v) is 21.0. The minimum atomic E-state index is -0.995. The number of β-lactam (4-membered cyclic amide) rings is 1. The van der Waals surface area contributed by atoms with E-state index >= 15 is 0 Å². The molecule has 35 heavy (non-hydrogen) atoms. The SMILES string of the molecule is COCC1=C(C(=O)OCOC(=O)C(C)(C)C)N2C(=O)C(NC(=O)C(=NO)c3csc(N)n3)[C@H]2SC1. The number of amides is 2. The molecule has 15 heteroatoms. The molecule has 2 atom stereocenters. The number of esters is 2. The third-order valence-corrected chi connectivity index (χ3v) is 6.93. The number of thioether (sulfide) groups is 1. The van der Waals surface area contributed by atoms with E-state index in [1.165, 1.54) is 29.2 Å². The number of fused-ring (bicyclic) bond motifs is 1. The number of methoxy groups -OCH3 is 1. The molecule has 2 amide bonds. The molecule has 190 valence electrons. The van der Waals surface area contributed by atoms with Gasteiger partial charge in [0.15, 0.2) is 10.8 Å². The van der Waals surface area contributed by atoms with Crippen LogP contribution in [-0.4, -0.2) is 82.2 Å². The van der Waals surface area contributed by atoms with Crippen LogP contribution in [0.3, 0.4) is 0 Å². The second-order valence-electron chi connectivity index (χ2n) is 8.50. The molecule has 0 bridgehead atoms. The fourth-order valence-electron chi connectivity index (χ4n) is 3.20. The average Bonchev–Trinajstić information content (AvgIpc) is 3.22. The van der Waals surface area contributed by atoms with E-state index < -0.39 is 53.1 Å². The number of hydrogen-bond donors (Lipinski definition) is 3. The summed E-state index contributed by atoms with van der Waals surface area (Å²) in [7, 11) is 1.44. The van der Waals surface area contributed by atoms with E-state index in [9.17, 15) is 24.4 Å². The first-order chi connectivity index (χ1) is 16.5. The van der Waals surface area contributed by atoms with Crippen molar-refractivity contribution in [2.75, 3.05) is 32.0 Å². The van der Waals surface area contributed by atoms with Gasteiger partial charge in [0.25, 0.3) is 11.8 Å². The van der Waals surface area contributed by atoms with Gasteiger partial charge in [0.1, 0.15) is 22.8 Å². The third-order valence-electron chi connectivity index (χ3n) is 4.92. The zero-order chi connectivity index (χ0) is 25.9. The number of rotatable bonds is 8. The zero-order valence-electron chi connectivity index (χ0n) is 19.4. The Labute approximate surface area is 208 Å². The normalized spacial score (nSPS) is 20.2. The number of hydrogen-bond acceptors (Lipinski definition) is 13. The van der Waals surface area contributed by atoms with Crippen molar-refractivity contribution in [2.45, 2.75) is 32.2 Å². The molecule has 1 saturated heterocycles. The number of ether oxygens (including phenoxy) is 3. The first-order valence-corrected chi connectivity index (χ1v) is 12.2. The highest BCUT2D eigenvalue weighted by molar-refractivity contribution is 8.00. The quantitative estimate of drug-likeness (QED) is 0.105. The van der Waals surface area contributed by atoms with Crippen molar-refractivity contribution in [3.8, 4) is 0 Å². The molecule has 3 heterocycles. The molecule has 1 aromatic rings. The van der Waals surface area contributed by atoms with Crippen LogP contribution in [0.5, 0.6) is 0 Å². The molecule has 2 aliphatic rings. The van der Waals surface area contributed by atoms with Crippen molar-refractivity contribution in [3.63, 3.8) is 0 Å². The number of thiazole rings is 1. The van der Waals surface area contributed by atoms with Crippen LogP contribution >= 0.6 is 23.1 Å². The largest absolute Gasteiger partial charge is 0.427 e.